The smallest absolute Gasteiger partial charge is 0.233 e. The van der Waals surface area contributed by atoms with Crippen LogP contribution in [0.4, 0.5) is 0 Å². The quantitative estimate of drug-likeness (QED) is 0.460. The maximum atomic E-state index is 12.7. The van der Waals surface area contributed by atoms with E-state index in [2.05, 4.69) is 53.8 Å². The van der Waals surface area contributed by atoms with E-state index in [1.54, 1.807) is 0 Å². The summed E-state index contributed by atoms with van der Waals surface area (Å²) in [5.74, 6) is 2.55. The Kier molecular flexibility index (Phi) is 8.63. The Bertz CT molecular complexity index is 890. The number of amides is 1. The van der Waals surface area contributed by atoms with Crippen LogP contribution in [0.2, 0.25) is 0 Å². The van der Waals surface area contributed by atoms with Crippen LogP contribution in [0.25, 0.3) is 0 Å². The first-order valence-corrected chi connectivity index (χ1v) is 12.8. The van der Waals surface area contributed by atoms with Crippen molar-refractivity contribution in [1.82, 2.24) is 20.1 Å². The van der Waals surface area contributed by atoms with Gasteiger partial charge < -0.3 is 14.6 Å². The van der Waals surface area contributed by atoms with Gasteiger partial charge in [0.25, 0.3) is 0 Å². The zero-order chi connectivity index (χ0) is 23.3. The molecule has 0 spiro atoms. The molecule has 1 heterocycles. The zero-order valence-corrected chi connectivity index (χ0v) is 21.1. The molecule has 1 amide bonds. The number of benzene rings is 1. The molecule has 0 radical (unpaired) electrons. The molecular formula is C25H38N4O2S. The first kappa shape index (κ1) is 24.6. The normalized spacial score (nSPS) is 16.5. The summed E-state index contributed by atoms with van der Waals surface area (Å²) in [4.78, 5) is 12.7. The first-order chi connectivity index (χ1) is 15.3. The molecule has 0 aliphatic heterocycles. The van der Waals surface area contributed by atoms with Crippen LogP contribution >= 0.6 is 11.8 Å². The number of carbonyl (C=O) groups excluding carboxylic acids is 1. The molecule has 6 nitrogen and oxygen atoms in total. The predicted octanol–water partition coefficient (Wildman–Crippen LogP) is 5.74. The summed E-state index contributed by atoms with van der Waals surface area (Å²) >= 11 is 1.48. The predicted molar refractivity (Wildman–Crippen MR) is 130 cm³/mol. The molecule has 32 heavy (non-hydrogen) atoms. The molecule has 176 valence electrons. The summed E-state index contributed by atoms with van der Waals surface area (Å²) in [6, 6.07) is 8.49. The lowest BCUT2D eigenvalue weighted by atomic mass is 10.0. The van der Waals surface area contributed by atoms with Crippen molar-refractivity contribution in [1.29, 1.82) is 0 Å². The molecule has 2 aromatic rings. The van der Waals surface area contributed by atoms with Crippen LogP contribution in [-0.2, 0) is 11.3 Å². The number of hydrogen-bond donors (Lipinski definition) is 1. The second kappa shape index (κ2) is 11.2. The van der Waals surface area contributed by atoms with Crippen LogP contribution in [0.1, 0.15) is 90.6 Å². The van der Waals surface area contributed by atoms with Crippen LogP contribution in [0.15, 0.2) is 29.4 Å². The minimum absolute atomic E-state index is 0.0812. The number of para-hydroxylation sites is 1. The van der Waals surface area contributed by atoms with Crippen molar-refractivity contribution in [3.8, 4) is 5.75 Å². The third kappa shape index (κ3) is 6.27. The molecule has 0 bridgehead atoms. The van der Waals surface area contributed by atoms with Crippen molar-refractivity contribution in [2.45, 2.75) is 102 Å². The third-order valence-electron chi connectivity index (χ3n) is 5.85. The van der Waals surface area contributed by atoms with Crippen molar-refractivity contribution in [2.24, 2.45) is 5.92 Å². The third-order valence-corrected chi connectivity index (χ3v) is 6.94. The van der Waals surface area contributed by atoms with E-state index in [1.165, 1.54) is 30.2 Å². The first-order valence-electron chi connectivity index (χ1n) is 11.9. The molecule has 1 aromatic heterocycles. The van der Waals surface area contributed by atoms with Gasteiger partial charge in [0.05, 0.1) is 5.25 Å². The minimum Gasteiger partial charge on any atom is -0.482 e. The molecular weight excluding hydrogens is 420 g/mol. The number of carbonyl (C=O) groups is 1. The molecule has 1 aliphatic carbocycles. The van der Waals surface area contributed by atoms with Gasteiger partial charge in [-0.15, -0.1) is 10.2 Å². The van der Waals surface area contributed by atoms with Crippen molar-refractivity contribution in [3.63, 3.8) is 0 Å². The molecule has 1 aromatic carbocycles. The number of rotatable bonds is 10. The maximum Gasteiger partial charge on any atom is 0.233 e. The van der Waals surface area contributed by atoms with E-state index in [1.807, 2.05) is 32.0 Å². The van der Waals surface area contributed by atoms with Gasteiger partial charge >= 0.3 is 0 Å². The van der Waals surface area contributed by atoms with Crippen molar-refractivity contribution < 1.29 is 9.53 Å². The van der Waals surface area contributed by atoms with Gasteiger partial charge in [-0.05, 0) is 50.2 Å². The number of aromatic nitrogens is 3. The summed E-state index contributed by atoms with van der Waals surface area (Å²) in [5, 5.41) is 12.7. The van der Waals surface area contributed by atoms with E-state index < -0.39 is 0 Å². The monoisotopic (exact) mass is 458 g/mol. The van der Waals surface area contributed by atoms with Crippen LogP contribution in [0.5, 0.6) is 5.75 Å². The number of nitrogens with zero attached hydrogens (tertiary/aromatic N) is 3. The molecule has 7 heteroatoms. The van der Waals surface area contributed by atoms with E-state index >= 15 is 0 Å². The Hall–Kier alpha value is -2.02. The Balaban J connectivity index is 1.76. The van der Waals surface area contributed by atoms with Crippen molar-refractivity contribution in [2.75, 3.05) is 0 Å². The second-order valence-electron chi connectivity index (χ2n) is 9.55. The molecule has 1 N–H and O–H groups in total. The number of ether oxygens (including phenoxy) is 1. The SMILES string of the molecule is CC(C)Cn1c(SC(C)C(=O)NC2CCCC2)nnc1C(C)Oc1ccccc1C(C)C. The highest BCUT2D eigenvalue weighted by Crippen LogP contribution is 2.32. The van der Waals surface area contributed by atoms with Gasteiger partial charge in [0.15, 0.2) is 17.1 Å². The molecule has 2 unspecified atom stereocenters. The highest BCUT2D eigenvalue weighted by molar-refractivity contribution is 8.00. The molecule has 1 aliphatic rings. The fraction of sp³-hybridized carbons (Fsp3) is 0.640. The van der Waals surface area contributed by atoms with Crippen molar-refractivity contribution >= 4 is 17.7 Å². The van der Waals surface area contributed by atoms with Gasteiger partial charge in [-0.1, -0.05) is 70.5 Å². The Labute approximate surface area is 196 Å². The summed E-state index contributed by atoms with van der Waals surface area (Å²) in [6.07, 6.45) is 4.33. The highest BCUT2D eigenvalue weighted by atomic mass is 32.2. The fourth-order valence-electron chi connectivity index (χ4n) is 4.13. The van der Waals surface area contributed by atoms with E-state index in [-0.39, 0.29) is 17.3 Å². The lowest BCUT2D eigenvalue weighted by Gasteiger charge is -2.21. The van der Waals surface area contributed by atoms with Crippen LogP contribution in [0, 0.1) is 5.92 Å². The lowest BCUT2D eigenvalue weighted by molar-refractivity contribution is -0.120. The molecule has 1 saturated carbocycles. The van der Waals surface area contributed by atoms with Crippen LogP contribution < -0.4 is 10.1 Å². The van der Waals surface area contributed by atoms with Gasteiger partial charge in [-0.3, -0.25) is 4.79 Å². The average Bonchev–Trinajstić information content (AvgIpc) is 3.38. The molecule has 0 saturated heterocycles. The van der Waals surface area contributed by atoms with Gasteiger partial charge in [-0.2, -0.15) is 0 Å². The van der Waals surface area contributed by atoms with Crippen LogP contribution in [-0.4, -0.2) is 32.0 Å². The fourth-order valence-corrected chi connectivity index (χ4v) is 5.01. The maximum absolute atomic E-state index is 12.7. The largest absolute Gasteiger partial charge is 0.482 e. The number of nitrogens with one attached hydrogen (secondary N) is 1. The van der Waals surface area contributed by atoms with Crippen molar-refractivity contribution in [3.05, 3.63) is 35.7 Å². The highest BCUT2D eigenvalue weighted by Gasteiger charge is 2.26. The van der Waals surface area contributed by atoms with Gasteiger partial charge in [-0.25, -0.2) is 0 Å². The number of thioether (sulfide) groups is 1. The molecule has 2 atom stereocenters. The van der Waals surface area contributed by atoms with E-state index in [4.69, 9.17) is 4.74 Å². The summed E-state index contributed by atoms with van der Waals surface area (Å²) in [7, 11) is 0. The van der Waals surface area contributed by atoms with Gasteiger partial charge in [0.1, 0.15) is 5.75 Å². The number of hydrogen-bond acceptors (Lipinski definition) is 5. The van der Waals surface area contributed by atoms with Crippen LogP contribution in [0.3, 0.4) is 0 Å². The minimum atomic E-state index is -0.252. The lowest BCUT2D eigenvalue weighted by Crippen LogP contribution is -2.37. The summed E-state index contributed by atoms with van der Waals surface area (Å²) in [5.41, 5.74) is 1.18. The summed E-state index contributed by atoms with van der Waals surface area (Å²) < 4.78 is 8.48. The molecule has 3 rings (SSSR count). The molecule has 1 fully saturated rings. The Morgan fingerprint density at radius 2 is 1.81 bits per heavy atom. The summed E-state index contributed by atoms with van der Waals surface area (Å²) in [6.45, 7) is 13.4. The zero-order valence-electron chi connectivity index (χ0n) is 20.3. The van der Waals surface area contributed by atoms with E-state index in [0.717, 1.165) is 36.1 Å². The van der Waals surface area contributed by atoms with E-state index in [9.17, 15) is 4.79 Å². The second-order valence-corrected chi connectivity index (χ2v) is 10.9. The standard InChI is InChI=1S/C25H38N4O2S/c1-16(2)15-29-23(18(5)31-22-14-10-9-13-21(22)17(3)4)27-28-25(29)32-19(6)24(30)26-20-11-7-8-12-20/h9-10,13-14,16-20H,7-8,11-12,15H2,1-6H3,(H,26,30). The van der Waals surface area contributed by atoms with Gasteiger partial charge in [0.2, 0.25) is 5.91 Å². The van der Waals surface area contributed by atoms with Gasteiger partial charge in [0, 0.05) is 12.6 Å². The Morgan fingerprint density at radius 1 is 1.12 bits per heavy atom. The van der Waals surface area contributed by atoms with E-state index in [0.29, 0.717) is 17.9 Å². The topological polar surface area (TPSA) is 69.0 Å². The Morgan fingerprint density at radius 3 is 2.47 bits per heavy atom. The average molecular weight is 459 g/mol.